The third-order valence-electron chi connectivity index (χ3n) is 5.32. The van der Waals surface area contributed by atoms with Crippen LogP contribution in [0.15, 0.2) is 78.0 Å². The van der Waals surface area contributed by atoms with Crippen molar-refractivity contribution in [2.45, 2.75) is 11.4 Å². The number of nitrogens with one attached hydrogen (secondary N) is 1. The van der Waals surface area contributed by atoms with Gasteiger partial charge in [-0.15, -0.1) is 0 Å². The van der Waals surface area contributed by atoms with Crippen molar-refractivity contribution in [2.24, 2.45) is 0 Å². The Balaban J connectivity index is 1.57. The van der Waals surface area contributed by atoms with E-state index in [0.29, 0.717) is 22.3 Å². The van der Waals surface area contributed by atoms with Gasteiger partial charge in [0, 0.05) is 22.8 Å². The highest BCUT2D eigenvalue weighted by atomic mass is 32.2. The van der Waals surface area contributed by atoms with Crippen molar-refractivity contribution >= 4 is 44.4 Å². The fourth-order valence-corrected chi connectivity index (χ4v) is 5.02. The van der Waals surface area contributed by atoms with Gasteiger partial charge in [-0.25, -0.2) is 27.0 Å². The number of anilines is 2. The van der Waals surface area contributed by atoms with Crippen LogP contribution in [-0.4, -0.2) is 34.5 Å². The van der Waals surface area contributed by atoms with E-state index in [0.717, 1.165) is 3.97 Å². The first-order chi connectivity index (χ1) is 15.4. The van der Waals surface area contributed by atoms with E-state index in [4.69, 9.17) is 5.11 Å². The Hall–Kier alpha value is -4.18. The molecule has 0 spiro atoms. The number of nitrogens with zero attached hydrogens (tertiary/aromatic N) is 3. The van der Waals surface area contributed by atoms with Crippen LogP contribution in [-0.2, 0) is 16.6 Å². The summed E-state index contributed by atoms with van der Waals surface area (Å²) in [6, 6.07) is 15.3. The van der Waals surface area contributed by atoms with Crippen molar-refractivity contribution in [3.8, 4) is 0 Å². The molecule has 9 nitrogen and oxygen atoms in total. The molecule has 10 heteroatoms. The van der Waals surface area contributed by atoms with E-state index in [1.54, 1.807) is 36.4 Å². The van der Waals surface area contributed by atoms with E-state index < -0.39 is 22.0 Å². The summed E-state index contributed by atoms with van der Waals surface area (Å²) in [6.45, 7) is 0.169. The van der Waals surface area contributed by atoms with Crippen LogP contribution in [0.4, 0.5) is 16.2 Å². The van der Waals surface area contributed by atoms with Crippen LogP contribution in [0.5, 0.6) is 0 Å². The first-order valence-electron chi connectivity index (χ1n) is 9.58. The van der Waals surface area contributed by atoms with Gasteiger partial charge >= 0.3 is 12.0 Å². The number of urea groups is 1. The van der Waals surface area contributed by atoms with Crippen LogP contribution in [0.2, 0.25) is 0 Å². The van der Waals surface area contributed by atoms with Crippen molar-refractivity contribution in [3.05, 3.63) is 84.2 Å². The first kappa shape index (κ1) is 19.8. The van der Waals surface area contributed by atoms with Crippen LogP contribution in [0, 0.1) is 0 Å². The minimum absolute atomic E-state index is 0.112. The van der Waals surface area contributed by atoms with Gasteiger partial charge < -0.3 is 10.4 Å². The number of carboxylic acids is 1. The first-order valence-corrected chi connectivity index (χ1v) is 11.0. The Labute approximate surface area is 182 Å². The van der Waals surface area contributed by atoms with Gasteiger partial charge in [0.15, 0.2) is 5.65 Å². The number of amides is 2. The van der Waals surface area contributed by atoms with Crippen LogP contribution in [0.3, 0.4) is 0 Å². The lowest BCUT2D eigenvalue weighted by Crippen LogP contribution is -2.38. The molecule has 1 aliphatic heterocycles. The highest BCUT2D eigenvalue weighted by Crippen LogP contribution is 2.33. The van der Waals surface area contributed by atoms with E-state index in [1.807, 2.05) is 0 Å². The standard InChI is InChI=1S/C22H16N4O5S/c27-21(28)14-6-8-15(9-7-14)25-13-18-17-10-11-26(20(17)23-12-19(18)24-22(25)29)32(30,31)16-4-2-1-3-5-16/h1-12H,13H2,(H,24,29)(H,27,28). The Morgan fingerprint density at radius 1 is 1.03 bits per heavy atom. The summed E-state index contributed by atoms with van der Waals surface area (Å²) in [5.74, 6) is -1.06. The highest BCUT2D eigenvalue weighted by molar-refractivity contribution is 7.90. The number of hydrogen-bond donors (Lipinski definition) is 2. The van der Waals surface area contributed by atoms with Gasteiger partial charge in [-0.3, -0.25) is 4.90 Å². The quantitative estimate of drug-likeness (QED) is 0.493. The van der Waals surface area contributed by atoms with Crippen molar-refractivity contribution in [2.75, 3.05) is 10.2 Å². The molecule has 0 bridgehead atoms. The Morgan fingerprint density at radius 2 is 1.75 bits per heavy atom. The monoisotopic (exact) mass is 448 g/mol. The lowest BCUT2D eigenvalue weighted by Gasteiger charge is -2.29. The lowest BCUT2D eigenvalue weighted by atomic mass is 10.1. The molecule has 0 unspecified atom stereocenters. The van der Waals surface area contributed by atoms with Crippen molar-refractivity contribution in [3.63, 3.8) is 0 Å². The average molecular weight is 448 g/mol. The fraction of sp³-hybridized carbons (Fsp3) is 0.0455. The number of aromatic nitrogens is 2. The second kappa shape index (κ2) is 7.20. The molecule has 2 aromatic carbocycles. The summed E-state index contributed by atoms with van der Waals surface area (Å²) in [5, 5.41) is 12.4. The van der Waals surface area contributed by atoms with E-state index in [9.17, 15) is 18.0 Å². The number of carboxylic acid groups (broad SMARTS) is 1. The highest BCUT2D eigenvalue weighted by Gasteiger charge is 2.28. The predicted molar refractivity (Wildman–Crippen MR) is 117 cm³/mol. The number of hydrogen-bond acceptors (Lipinski definition) is 5. The molecule has 5 rings (SSSR count). The Morgan fingerprint density at radius 3 is 2.44 bits per heavy atom. The molecule has 0 saturated carbocycles. The SMILES string of the molecule is O=C(O)c1ccc(N2Cc3c(cnc4c3ccn4S(=O)(=O)c3ccccc3)NC2=O)cc1. The van der Waals surface area contributed by atoms with Crippen LogP contribution >= 0.6 is 0 Å². The van der Waals surface area contributed by atoms with Crippen molar-refractivity contribution in [1.29, 1.82) is 0 Å². The number of carbonyl (C=O) groups excluding carboxylic acids is 1. The van der Waals surface area contributed by atoms with Crippen LogP contribution < -0.4 is 10.2 Å². The number of rotatable bonds is 4. The Kier molecular flexibility index (Phi) is 4.45. The summed E-state index contributed by atoms with van der Waals surface area (Å²) in [4.78, 5) is 29.6. The van der Waals surface area contributed by atoms with Crippen molar-refractivity contribution < 1.29 is 23.1 Å². The molecule has 160 valence electrons. The maximum Gasteiger partial charge on any atom is 0.335 e. The van der Waals surface area contributed by atoms with Crippen molar-refractivity contribution in [1.82, 2.24) is 8.96 Å². The summed E-state index contributed by atoms with van der Waals surface area (Å²) >= 11 is 0. The largest absolute Gasteiger partial charge is 0.478 e. The smallest absolute Gasteiger partial charge is 0.335 e. The minimum atomic E-state index is -3.84. The zero-order valence-corrected chi connectivity index (χ0v) is 17.3. The molecule has 32 heavy (non-hydrogen) atoms. The second-order valence-electron chi connectivity index (χ2n) is 7.19. The third-order valence-corrected chi connectivity index (χ3v) is 7.00. The van der Waals surface area contributed by atoms with Gasteiger partial charge in [0.25, 0.3) is 10.0 Å². The third kappa shape index (κ3) is 3.08. The zero-order valence-electron chi connectivity index (χ0n) is 16.5. The maximum atomic E-state index is 13.1. The zero-order chi connectivity index (χ0) is 22.5. The van der Waals surface area contributed by atoms with E-state index >= 15 is 0 Å². The average Bonchev–Trinajstić information content (AvgIpc) is 3.25. The fourth-order valence-electron chi connectivity index (χ4n) is 3.70. The predicted octanol–water partition coefficient (Wildman–Crippen LogP) is 3.52. The molecule has 2 N–H and O–H groups in total. The molecule has 0 radical (unpaired) electrons. The summed E-state index contributed by atoms with van der Waals surface area (Å²) in [5.41, 5.74) is 2.08. The summed E-state index contributed by atoms with van der Waals surface area (Å²) in [6.07, 6.45) is 2.89. The van der Waals surface area contributed by atoms with Gasteiger partial charge in [0.1, 0.15) is 0 Å². The molecule has 3 heterocycles. The molecule has 0 saturated heterocycles. The number of carbonyl (C=O) groups is 2. The molecule has 2 aromatic heterocycles. The molecule has 0 fully saturated rings. The second-order valence-corrected chi connectivity index (χ2v) is 9.00. The van der Waals surface area contributed by atoms with Gasteiger partial charge in [0.2, 0.25) is 0 Å². The van der Waals surface area contributed by atoms with E-state index in [1.165, 1.54) is 41.6 Å². The summed E-state index contributed by atoms with van der Waals surface area (Å²) < 4.78 is 27.3. The van der Waals surface area contributed by atoms with Gasteiger partial charge in [-0.05, 0) is 42.5 Å². The van der Waals surface area contributed by atoms with Gasteiger partial charge in [0.05, 0.1) is 28.9 Å². The molecular formula is C22H16N4O5S. The maximum absolute atomic E-state index is 13.1. The molecular weight excluding hydrogens is 432 g/mol. The normalized spacial score (nSPS) is 13.6. The number of aromatic carboxylic acids is 1. The van der Waals surface area contributed by atoms with Gasteiger partial charge in [-0.2, -0.15) is 0 Å². The molecule has 2 amide bonds. The summed E-state index contributed by atoms with van der Waals surface area (Å²) in [7, 11) is -3.84. The Bertz CT molecular complexity index is 1480. The molecule has 0 atom stereocenters. The molecule has 0 aliphatic carbocycles. The van der Waals surface area contributed by atoms with Gasteiger partial charge in [-0.1, -0.05) is 18.2 Å². The van der Waals surface area contributed by atoms with Crippen LogP contribution in [0.1, 0.15) is 15.9 Å². The lowest BCUT2D eigenvalue weighted by molar-refractivity contribution is 0.0697. The number of fused-ring (bicyclic) bond motifs is 3. The van der Waals surface area contributed by atoms with E-state index in [2.05, 4.69) is 10.3 Å². The minimum Gasteiger partial charge on any atom is -0.478 e. The van der Waals surface area contributed by atoms with E-state index in [-0.39, 0.29) is 22.7 Å². The van der Waals surface area contributed by atoms with Crippen LogP contribution in [0.25, 0.3) is 11.0 Å². The number of pyridine rings is 1. The number of benzene rings is 2. The molecule has 4 aromatic rings. The molecule has 1 aliphatic rings. The topological polar surface area (TPSA) is 122 Å².